The molecule has 2 atom stereocenters. The van der Waals surface area contributed by atoms with E-state index in [-0.39, 0.29) is 29.5 Å². The van der Waals surface area contributed by atoms with E-state index in [2.05, 4.69) is 10.6 Å². The highest BCUT2D eigenvalue weighted by Crippen LogP contribution is 2.41. The Morgan fingerprint density at radius 2 is 2.17 bits per heavy atom. The van der Waals surface area contributed by atoms with Crippen LogP contribution in [0.3, 0.4) is 0 Å². The number of amides is 1. The molecular formula is C16H20Cl2N2O3. The van der Waals surface area contributed by atoms with Crippen molar-refractivity contribution in [2.45, 2.75) is 24.8 Å². The summed E-state index contributed by atoms with van der Waals surface area (Å²) in [4.78, 5) is 11.9. The molecule has 7 heteroatoms. The minimum Gasteiger partial charge on any atom is -0.508 e. The summed E-state index contributed by atoms with van der Waals surface area (Å²) in [6.45, 7) is 2.39. The van der Waals surface area contributed by atoms with Crippen LogP contribution < -0.4 is 10.6 Å². The van der Waals surface area contributed by atoms with Crippen molar-refractivity contribution in [1.29, 1.82) is 0 Å². The summed E-state index contributed by atoms with van der Waals surface area (Å²) in [5.41, 5.74) is 0.712. The lowest BCUT2D eigenvalue weighted by atomic mass is 9.85. The number of hydrogen-bond acceptors (Lipinski definition) is 4. The molecule has 0 bridgehead atoms. The molecule has 23 heavy (non-hydrogen) atoms. The lowest BCUT2D eigenvalue weighted by Crippen LogP contribution is -2.49. The molecule has 1 amide bonds. The zero-order valence-electron chi connectivity index (χ0n) is 12.6. The van der Waals surface area contributed by atoms with Crippen LogP contribution in [0.5, 0.6) is 5.75 Å². The van der Waals surface area contributed by atoms with Gasteiger partial charge in [-0.25, -0.2) is 0 Å². The fraction of sp³-hybridized carbons (Fsp3) is 0.562. The molecule has 0 saturated carbocycles. The minimum absolute atomic E-state index is 0.0131. The Balaban J connectivity index is 1.62. The molecular weight excluding hydrogens is 339 g/mol. The van der Waals surface area contributed by atoms with E-state index in [4.69, 9.17) is 27.9 Å². The second kappa shape index (κ2) is 7.26. The van der Waals surface area contributed by atoms with E-state index < -0.39 is 0 Å². The maximum Gasteiger partial charge on any atom is 0.227 e. The first-order valence-electron chi connectivity index (χ1n) is 7.82. The quantitative estimate of drug-likeness (QED) is 0.772. The summed E-state index contributed by atoms with van der Waals surface area (Å²) >= 11 is 12.4. The van der Waals surface area contributed by atoms with Gasteiger partial charge in [0.2, 0.25) is 5.91 Å². The number of ether oxygens (including phenoxy) is 1. The van der Waals surface area contributed by atoms with Crippen molar-refractivity contribution >= 4 is 29.1 Å². The van der Waals surface area contributed by atoms with Crippen molar-refractivity contribution in [3.63, 3.8) is 0 Å². The Morgan fingerprint density at radius 1 is 1.39 bits per heavy atom. The van der Waals surface area contributed by atoms with Crippen LogP contribution in [-0.2, 0) is 9.53 Å². The van der Waals surface area contributed by atoms with E-state index in [1.807, 2.05) is 0 Å². The number of phenolic OH excluding ortho intramolecular Hbond substituents is 1. The van der Waals surface area contributed by atoms with Gasteiger partial charge in [0.05, 0.1) is 29.2 Å². The molecule has 0 unspecified atom stereocenters. The first kappa shape index (κ1) is 16.8. The van der Waals surface area contributed by atoms with Crippen LogP contribution in [0.2, 0.25) is 10.0 Å². The number of carbonyl (C=O) groups is 1. The molecule has 2 heterocycles. The van der Waals surface area contributed by atoms with Crippen molar-refractivity contribution in [3.05, 3.63) is 27.7 Å². The van der Waals surface area contributed by atoms with E-state index in [1.54, 1.807) is 12.1 Å². The van der Waals surface area contributed by atoms with E-state index >= 15 is 0 Å². The molecule has 3 rings (SSSR count). The maximum absolute atomic E-state index is 11.9. The largest absolute Gasteiger partial charge is 0.508 e. The Morgan fingerprint density at radius 3 is 2.87 bits per heavy atom. The molecule has 0 radical (unpaired) electrons. The molecule has 2 saturated heterocycles. The van der Waals surface area contributed by atoms with E-state index in [0.29, 0.717) is 35.4 Å². The molecule has 2 aliphatic rings. The summed E-state index contributed by atoms with van der Waals surface area (Å²) in [6, 6.07) is 3.33. The summed E-state index contributed by atoms with van der Waals surface area (Å²) in [7, 11) is 0. The molecule has 0 spiro atoms. The van der Waals surface area contributed by atoms with Crippen LogP contribution in [0.25, 0.3) is 0 Å². The first-order chi connectivity index (χ1) is 11.1. The first-order valence-corrected chi connectivity index (χ1v) is 8.57. The van der Waals surface area contributed by atoms with Crippen molar-refractivity contribution in [3.8, 4) is 5.75 Å². The van der Waals surface area contributed by atoms with Crippen LogP contribution in [-0.4, -0.2) is 43.4 Å². The lowest BCUT2D eigenvalue weighted by molar-refractivity contribution is -0.138. The van der Waals surface area contributed by atoms with Gasteiger partial charge in [-0.1, -0.05) is 23.2 Å². The van der Waals surface area contributed by atoms with Gasteiger partial charge >= 0.3 is 0 Å². The fourth-order valence-electron chi connectivity index (χ4n) is 3.12. The van der Waals surface area contributed by atoms with Gasteiger partial charge < -0.3 is 20.5 Å². The number of hydrogen-bond donors (Lipinski definition) is 3. The summed E-state index contributed by atoms with van der Waals surface area (Å²) in [5, 5.41) is 17.4. The second-order valence-corrected chi connectivity index (χ2v) is 6.93. The Kier molecular flexibility index (Phi) is 5.31. The Hall–Kier alpha value is -1.01. The molecule has 1 aromatic carbocycles. The molecule has 0 aromatic heterocycles. The third-order valence-corrected chi connectivity index (χ3v) is 5.36. The average molecular weight is 359 g/mol. The standard InChI is InChI=1S/C16H20Cl2N2O3/c17-12-1-2-13(21)14(15(12)18)9-3-4-19-11(5-9)6-20-16(22)10-7-23-8-10/h1-2,9-11,19,21H,3-8H2,(H,20,22)/t9-,11+/m0/s1. The summed E-state index contributed by atoms with van der Waals surface area (Å²) in [5.74, 6) is 0.335. The highest BCUT2D eigenvalue weighted by atomic mass is 35.5. The van der Waals surface area contributed by atoms with Gasteiger partial charge in [0, 0.05) is 18.2 Å². The van der Waals surface area contributed by atoms with Gasteiger partial charge in [0.15, 0.2) is 0 Å². The average Bonchev–Trinajstić information content (AvgIpc) is 2.48. The number of benzene rings is 1. The molecule has 5 nitrogen and oxygen atoms in total. The van der Waals surface area contributed by atoms with Gasteiger partial charge in [-0.15, -0.1) is 0 Å². The highest BCUT2D eigenvalue weighted by molar-refractivity contribution is 6.42. The van der Waals surface area contributed by atoms with Gasteiger partial charge in [-0.05, 0) is 37.4 Å². The Bertz CT molecular complexity index is 593. The number of aromatic hydroxyl groups is 1. The number of rotatable bonds is 4. The number of carbonyl (C=O) groups excluding carboxylic acids is 1. The summed E-state index contributed by atoms with van der Waals surface area (Å²) in [6.07, 6.45) is 1.66. The van der Waals surface area contributed by atoms with Gasteiger partial charge in [0.1, 0.15) is 5.75 Å². The van der Waals surface area contributed by atoms with Crippen LogP contribution in [0.4, 0.5) is 0 Å². The molecule has 0 aliphatic carbocycles. The smallest absolute Gasteiger partial charge is 0.227 e. The van der Waals surface area contributed by atoms with Gasteiger partial charge in [-0.2, -0.15) is 0 Å². The second-order valence-electron chi connectivity index (χ2n) is 6.15. The van der Waals surface area contributed by atoms with E-state index in [1.165, 1.54) is 0 Å². The van der Waals surface area contributed by atoms with E-state index in [0.717, 1.165) is 19.4 Å². The Labute approximate surface area is 145 Å². The van der Waals surface area contributed by atoms with Gasteiger partial charge in [-0.3, -0.25) is 4.79 Å². The SMILES string of the molecule is O=C(NC[C@H]1C[C@@H](c2c(O)ccc(Cl)c2Cl)CCN1)C1COC1. The van der Waals surface area contributed by atoms with Crippen LogP contribution in [0.1, 0.15) is 24.3 Å². The molecule has 1 aromatic rings. The van der Waals surface area contributed by atoms with Crippen LogP contribution in [0.15, 0.2) is 12.1 Å². The number of halogens is 2. The van der Waals surface area contributed by atoms with Crippen LogP contribution >= 0.6 is 23.2 Å². The lowest BCUT2D eigenvalue weighted by Gasteiger charge is -2.32. The normalized spacial score (nSPS) is 25.0. The zero-order valence-corrected chi connectivity index (χ0v) is 14.2. The molecule has 3 N–H and O–H groups in total. The zero-order chi connectivity index (χ0) is 16.4. The summed E-state index contributed by atoms with van der Waals surface area (Å²) < 4.78 is 5.03. The topological polar surface area (TPSA) is 70.6 Å². The number of nitrogens with one attached hydrogen (secondary N) is 2. The predicted octanol–water partition coefficient (Wildman–Crippen LogP) is 2.30. The van der Waals surface area contributed by atoms with Gasteiger partial charge in [0.25, 0.3) is 0 Å². The predicted molar refractivity (Wildman–Crippen MR) is 89.2 cm³/mol. The van der Waals surface area contributed by atoms with Crippen molar-refractivity contribution in [2.24, 2.45) is 5.92 Å². The maximum atomic E-state index is 11.9. The molecule has 2 fully saturated rings. The monoisotopic (exact) mass is 358 g/mol. The van der Waals surface area contributed by atoms with E-state index in [9.17, 15) is 9.90 Å². The van der Waals surface area contributed by atoms with Crippen molar-refractivity contribution in [2.75, 3.05) is 26.3 Å². The molecule has 126 valence electrons. The van der Waals surface area contributed by atoms with Crippen LogP contribution in [0, 0.1) is 5.92 Å². The fourth-order valence-corrected chi connectivity index (χ4v) is 3.60. The number of piperidine rings is 1. The third-order valence-electron chi connectivity index (χ3n) is 4.54. The van der Waals surface area contributed by atoms with Crippen molar-refractivity contribution < 1.29 is 14.6 Å². The minimum atomic E-state index is -0.0131. The molecule has 2 aliphatic heterocycles. The third kappa shape index (κ3) is 3.74. The highest BCUT2D eigenvalue weighted by Gasteiger charge is 2.30. The van der Waals surface area contributed by atoms with Crippen molar-refractivity contribution in [1.82, 2.24) is 10.6 Å². The number of phenols is 1.